The molecule has 0 aromatic heterocycles. The summed E-state index contributed by atoms with van der Waals surface area (Å²) in [6, 6.07) is 1.84. The van der Waals surface area contributed by atoms with Crippen LogP contribution >= 0.6 is 0 Å². The van der Waals surface area contributed by atoms with Crippen LogP contribution in [0.3, 0.4) is 0 Å². The summed E-state index contributed by atoms with van der Waals surface area (Å²) in [5, 5.41) is 28.5. The molecule has 0 saturated heterocycles. The Balaban J connectivity index is 3.45. The standard InChI is InChI=1S/C9H11BFNO4/c1-5(2)7-3-6(12(15)16)4-8(11)9(7)10(13)14/h3-5,13-14H,1-2H3. The number of rotatable bonds is 3. The van der Waals surface area contributed by atoms with Gasteiger partial charge in [-0.2, -0.15) is 0 Å². The van der Waals surface area contributed by atoms with E-state index in [1.54, 1.807) is 13.8 Å². The first-order chi connectivity index (χ1) is 7.34. The molecule has 5 nitrogen and oxygen atoms in total. The summed E-state index contributed by atoms with van der Waals surface area (Å²) in [6.07, 6.45) is 0. The number of benzene rings is 1. The molecule has 0 bridgehead atoms. The van der Waals surface area contributed by atoms with Crippen LogP contribution in [0.4, 0.5) is 10.1 Å². The SMILES string of the molecule is CC(C)c1cc([N+](=O)[O-])cc(F)c1B(O)O. The van der Waals surface area contributed by atoms with Gasteiger partial charge in [0.25, 0.3) is 5.69 Å². The first kappa shape index (κ1) is 12.6. The van der Waals surface area contributed by atoms with Gasteiger partial charge < -0.3 is 10.0 Å². The molecule has 0 fully saturated rings. The van der Waals surface area contributed by atoms with Gasteiger partial charge in [-0.15, -0.1) is 0 Å². The van der Waals surface area contributed by atoms with Gasteiger partial charge in [-0.25, -0.2) is 4.39 Å². The zero-order chi connectivity index (χ0) is 12.5. The van der Waals surface area contributed by atoms with Gasteiger partial charge in [0.05, 0.1) is 11.0 Å². The molecule has 1 rings (SSSR count). The molecule has 0 spiro atoms. The summed E-state index contributed by atoms with van der Waals surface area (Å²) in [5.74, 6) is -1.22. The van der Waals surface area contributed by atoms with E-state index in [2.05, 4.69) is 0 Å². The van der Waals surface area contributed by atoms with E-state index in [1.165, 1.54) is 0 Å². The van der Waals surface area contributed by atoms with Crippen LogP contribution in [-0.2, 0) is 0 Å². The molecule has 0 unspecified atom stereocenters. The summed E-state index contributed by atoms with van der Waals surface area (Å²) in [6.45, 7) is 3.37. The number of nitro groups is 1. The zero-order valence-electron chi connectivity index (χ0n) is 8.85. The molecule has 2 N–H and O–H groups in total. The Hall–Kier alpha value is -1.47. The van der Waals surface area contributed by atoms with Crippen molar-refractivity contribution in [3.63, 3.8) is 0 Å². The first-order valence-corrected chi connectivity index (χ1v) is 4.68. The van der Waals surface area contributed by atoms with Crippen molar-refractivity contribution in [2.75, 3.05) is 0 Å². The summed E-state index contributed by atoms with van der Waals surface area (Å²) >= 11 is 0. The number of nitro benzene ring substituents is 1. The van der Waals surface area contributed by atoms with Crippen LogP contribution in [0.1, 0.15) is 25.3 Å². The second kappa shape index (κ2) is 4.59. The summed E-state index contributed by atoms with van der Waals surface area (Å²) in [7, 11) is -1.97. The number of non-ortho nitro benzene ring substituents is 1. The number of halogens is 1. The number of hydrogen-bond acceptors (Lipinski definition) is 4. The molecule has 0 aliphatic carbocycles. The molecule has 7 heteroatoms. The minimum absolute atomic E-state index is 0.224. The van der Waals surface area contributed by atoms with Crippen LogP contribution < -0.4 is 5.46 Å². The van der Waals surface area contributed by atoms with E-state index in [4.69, 9.17) is 10.0 Å². The molecular weight excluding hydrogens is 216 g/mol. The Bertz CT molecular complexity index is 422. The van der Waals surface area contributed by atoms with Crippen LogP contribution in [0.15, 0.2) is 12.1 Å². The normalized spacial score (nSPS) is 10.6. The fourth-order valence-electron chi connectivity index (χ4n) is 1.48. The average molecular weight is 227 g/mol. The van der Waals surface area contributed by atoms with Gasteiger partial charge in [0, 0.05) is 11.5 Å². The van der Waals surface area contributed by atoms with Crippen molar-refractivity contribution in [1.29, 1.82) is 0 Å². The molecule has 0 amide bonds. The third-order valence-electron chi connectivity index (χ3n) is 2.24. The Morgan fingerprint density at radius 3 is 2.38 bits per heavy atom. The molecule has 1 aromatic carbocycles. The monoisotopic (exact) mass is 227 g/mol. The molecular formula is C9H11BFNO4. The second-order valence-electron chi connectivity index (χ2n) is 3.72. The third-order valence-corrected chi connectivity index (χ3v) is 2.24. The molecule has 0 aliphatic heterocycles. The van der Waals surface area contributed by atoms with E-state index >= 15 is 0 Å². The fourth-order valence-corrected chi connectivity index (χ4v) is 1.48. The molecule has 0 radical (unpaired) electrons. The van der Waals surface area contributed by atoms with Crippen LogP contribution in [0.25, 0.3) is 0 Å². The fraction of sp³-hybridized carbons (Fsp3) is 0.333. The summed E-state index contributed by atoms with van der Waals surface area (Å²) < 4.78 is 13.5. The number of hydrogen-bond donors (Lipinski definition) is 2. The minimum atomic E-state index is -1.97. The van der Waals surface area contributed by atoms with Gasteiger partial charge >= 0.3 is 7.12 Å². The van der Waals surface area contributed by atoms with Crippen molar-refractivity contribution in [2.24, 2.45) is 0 Å². The van der Waals surface area contributed by atoms with Crippen molar-refractivity contribution < 1.29 is 19.4 Å². The zero-order valence-corrected chi connectivity index (χ0v) is 8.85. The highest BCUT2D eigenvalue weighted by molar-refractivity contribution is 6.59. The lowest BCUT2D eigenvalue weighted by molar-refractivity contribution is -0.385. The molecule has 16 heavy (non-hydrogen) atoms. The van der Waals surface area contributed by atoms with Gasteiger partial charge in [-0.05, 0) is 11.5 Å². The molecule has 0 heterocycles. The smallest absolute Gasteiger partial charge is 0.423 e. The third kappa shape index (κ3) is 2.37. The van der Waals surface area contributed by atoms with Gasteiger partial charge in [-0.3, -0.25) is 10.1 Å². The maximum absolute atomic E-state index is 13.5. The molecule has 0 saturated carbocycles. The van der Waals surface area contributed by atoms with Crippen LogP contribution in [0.5, 0.6) is 0 Å². The Morgan fingerprint density at radius 1 is 1.44 bits per heavy atom. The Labute approximate surface area is 91.8 Å². The highest BCUT2D eigenvalue weighted by atomic mass is 19.1. The predicted molar refractivity (Wildman–Crippen MR) is 57.0 cm³/mol. The van der Waals surface area contributed by atoms with Crippen molar-refractivity contribution in [1.82, 2.24) is 0 Å². The summed E-state index contributed by atoms with van der Waals surface area (Å²) in [4.78, 5) is 9.80. The van der Waals surface area contributed by atoms with E-state index in [1.807, 2.05) is 0 Å². The topological polar surface area (TPSA) is 83.6 Å². The van der Waals surface area contributed by atoms with E-state index in [-0.39, 0.29) is 16.9 Å². The lowest BCUT2D eigenvalue weighted by Crippen LogP contribution is -2.36. The van der Waals surface area contributed by atoms with Crippen LogP contribution in [0.2, 0.25) is 0 Å². The van der Waals surface area contributed by atoms with Gasteiger partial charge in [-0.1, -0.05) is 13.8 Å². The molecule has 86 valence electrons. The highest BCUT2D eigenvalue weighted by Gasteiger charge is 2.25. The molecule has 0 atom stereocenters. The van der Waals surface area contributed by atoms with Crippen molar-refractivity contribution >= 4 is 18.3 Å². The largest absolute Gasteiger partial charge is 0.491 e. The van der Waals surface area contributed by atoms with Crippen LogP contribution in [0, 0.1) is 15.9 Å². The van der Waals surface area contributed by atoms with E-state index in [9.17, 15) is 14.5 Å². The molecule has 1 aromatic rings. The van der Waals surface area contributed by atoms with E-state index in [0.29, 0.717) is 6.07 Å². The summed E-state index contributed by atoms with van der Waals surface area (Å²) in [5.41, 5.74) is -0.479. The highest BCUT2D eigenvalue weighted by Crippen LogP contribution is 2.21. The number of nitrogens with zero attached hydrogens (tertiary/aromatic N) is 1. The van der Waals surface area contributed by atoms with Gasteiger partial charge in [0.2, 0.25) is 0 Å². The lowest BCUT2D eigenvalue weighted by atomic mass is 9.74. The molecule has 0 aliphatic rings. The first-order valence-electron chi connectivity index (χ1n) is 4.68. The van der Waals surface area contributed by atoms with Crippen molar-refractivity contribution in [3.05, 3.63) is 33.6 Å². The van der Waals surface area contributed by atoms with Crippen LogP contribution in [-0.4, -0.2) is 22.1 Å². The average Bonchev–Trinajstić information content (AvgIpc) is 2.15. The van der Waals surface area contributed by atoms with Gasteiger partial charge in [0.1, 0.15) is 5.82 Å². The second-order valence-corrected chi connectivity index (χ2v) is 3.72. The van der Waals surface area contributed by atoms with E-state index in [0.717, 1.165) is 6.07 Å². The Morgan fingerprint density at radius 2 is 2.00 bits per heavy atom. The van der Waals surface area contributed by atoms with E-state index < -0.39 is 23.5 Å². The lowest BCUT2D eigenvalue weighted by Gasteiger charge is -2.12. The Kier molecular flexibility index (Phi) is 3.61. The maximum atomic E-state index is 13.5. The maximum Gasteiger partial charge on any atom is 0.491 e. The predicted octanol–water partition coefficient (Wildman–Crippen LogP) is 0.537. The van der Waals surface area contributed by atoms with Crippen molar-refractivity contribution in [2.45, 2.75) is 19.8 Å². The van der Waals surface area contributed by atoms with Crippen molar-refractivity contribution in [3.8, 4) is 0 Å². The van der Waals surface area contributed by atoms with Gasteiger partial charge in [0.15, 0.2) is 0 Å². The minimum Gasteiger partial charge on any atom is -0.423 e. The quantitative estimate of drug-likeness (QED) is 0.448.